The van der Waals surface area contributed by atoms with Crippen molar-refractivity contribution in [1.29, 1.82) is 0 Å². The lowest BCUT2D eigenvalue weighted by molar-refractivity contribution is -0.295. The van der Waals surface area contributed by atoms with Crippen LogP contribution in [-0.2, 0) is 25.4 Å². The number of pyridine rings is 1. The lowest BCUT2D eigenvalue weighted by Crippen LogP contribution is -2.48. The number of carbonyl (C=O) groups excluding carboxylic acids is 1. The first-order valence-electron chi connectivity index (χ1n) is 8.64. The van der Waals surface area contributed by atoms with Gasteiger partial charge in [-0.3, -0.25) is 4.98 Å². The monoisotopic (exact) mass is 426 g/mol. The van der Waals surface area contributed by atoms with E-state index in [2.05, 4.69) is 25.0 Å². The molecule has 0 bridgehead atoms. The van der Waals surface area contributed by atoms with Crippen LogP contribution >= 0.6 is 0 Å². The summed E-state index contributed by atoms with van der Waals surface area (Å²) in [5.41, 5.74) is -3.92. The molecule has 30 heavy (non-hydrogen) atoms. The highest BCUT2D eigenvalue weighted by Crippen LogP contribution is 2.47. The molecule has 1 aliphatic rings. The van der Waals surface area contributed by atoms with Crippen molar-refractivity contribution >= 4 is 17.9 Å². The second kappa shape index (κ2) is 10.0. The largest absolute Gasteiger partial charge is 0.543 e. The first kappa shape index (κ1) is 23.1. The molecule has 162 valence electrons. The molecule has 0 amide bonds. The molecule has 0 fully saturated rings. The summed E-state index contributed by atoms with van der Waals surface area (Å²) in [5.74, 6) is -1.72. The number of carbonyl (C=O) groups is 1. The third kappa shape index (κ3) is 5.03. The zero-order chi connectivity index (χ0) is 22.2. The summed E-state index contributed by atoms with van der Waals surface area (Å²) < 4.78 is 46.8. The number of carboxylic acids is 1. The van der Waals surface area contributed by atoms with Crippen LogP contribution in [0.3, 0.4) is 0 Å². The molecule has 1 aromatic rings. The zero-order valence-corrected chi connectivity index (χ0v) is 16.1. The average molecular weight is 426 g/mol. The van der Waals surface area contributed by atoms with E-state index in [-0.39, 0.29) is 13.0 Å². The number of alkyl halides is 3. The van der Waals surface area contributed by atoms with Crippen molar-refractivity contribution in [3.05, 3.63) is 53.9 Å². The van der Waals surface area contributed by atoms with Crippen LogP contribution in [0.15, 0.2) is 52.9 Å². The molecule has 0 saturated heterocycles. The van der Waals surface area contributed by atoms with Crippen molar-refractivity contribution in [2.24, 2.45) is 15.7 Å². The van der Waals surface area contributed by atoms with Crippen molar-refractivity contribution < 1.29 is 37.5 Å². The Kier molecular flexibility index (Phi) is 7.70. The molecule has 0 radical (unpaired) electrons. The average Bonchev–Trinajstić information content (AvgIpc) is 2.71. The fraction of sp³-hybridized carbons (Fsp3) is 0.368. The summed E-state index contributed by atoms with van der Waals surface area (Å²) >= 11 is 0. The maximum absolute atomic E-state index is 13.7. The summed E-state index contributed by atoms with van der Waals surface area (Å²) in [6.45, 7) is -0.293. The van der Waals surface area contributed by atoms with Crippen molar-refractivity contribution in [2.75, 3.05) is 20.8 Å². The smallest absolute Gasteiger partial charge is 0.418 e. The van der Waals surface area contributed by atoms with E-state index in [0.29, 0.717) is 0 Å². The Morgan fingerprint density at radius 2 is 2.13 bits per heavy atom. The number of rotatable bonds is 9. The van der Waals surface area contributed by atoms with E-state index in [1.807, 2.05) is 0 Å². The van der Waals surface area contributed by atoms with E-state index in [0.717, 1.165) is 25.4 Å². The summed E-state index contributed by atoms with van der Waals surface area (Å²) in [6, 6.07) is 1.96. The number of hydrogen-bond acceptors (Lipinski definition) is 8. The quantitative estimate of drug-likeness (QED) is 0.442. The van der Waals surface area contributed by atoms with Gasteiger partial charge in [0.15, 0.2) is 0 Å². The number of hydrogen-bond donors (Lipinski definition) is 0. The van der Waals surface area contributed by atoms with Crippen LogP contribution in [-0.4, -0.2) is 43.7 Å². The van der Waals surface area contributed by atoms with Gasteiger partial charge in [-0.1, -0.05) is 34.6 Å². The molecule has 1 aliphatic carbocycles. The minimum absolute atomic E-state index is 0.0559. The third-order valence-corrected chi connectivity index (χ3v) is 4.29. The lowest BCUT2D eigenvalue weighted by atomic mass is 9.70. The number of halogens is 3. The highest BCUT2D eigenvalue weighted by atomic mass is 19.4. The van der Waals surface area contributed by atoms with Gasteiger partial charge in [0.05, 0.1) is 35.5 Å². The van der Waals surface area contributed by atoms with E-state index >= 15 is 0 Å². The van der Waals surface area contributed by atoms with Gasteiger partial charge in [0.25, 0.3) is 0 Å². The van der Waals surface area contributed by atoms with Crippen LogP contribution in [0.2, 0.25) is 0 Å². The maximum atomic E-state index is 13.7. The predicted octanol–water partition coefficient (Wildman–Crippen LogP) is 2.05. The lowest BCUT2D eigenvalue weighted by Gasteiger charge is -2.39. The number of carboxylic acid groups (broad SMARTS) is 1. The van der Waals surface area contributed by atoms with Gasteiger partial charge < -0.3 is 24.3 Å². The summed E-state index contributed by atoms with van der Waals surface area (Å²) in [5, 5.41) is 18.9. The highest BCUT2D eigenvalue weighted by Gasteiger charge is 2.48. The highest BCUT2D eigenvalue weighted by molar-refractivity contribution is 6.37. The van der Waals surface area contributed by atoms with Gasteiger partial charge in [-0.05, 0) is 18.6 Å². The van der Waals surface area contributed by atoms with Gasteiger partial charge in [0.1, 0.15) is 26.0 Å². The molecule has 2 atom stereocenters. The zero-order valence-electron chi connectivity index (χ0n) is 16.1. The minimum atomic E-state index is -4.76. The Balaban J connectivity index is 2.72. The molecule has 0 aliphatic heterocycles. The maximum Gasteiger partial charge on any atom is 0.418 e. The van der Waals surface area contributed by atoms with E-state index < -0.39 is 40.6 Å². The molecule has 2 unspecified atom stereocenters. The SMILES string of the molecule is CON=CCOC(c1ncccc1C(F)(F)F)C1(C(=NOC)C(=O)[O-])C=CC=CC1. The van der Waals surface area contributed by atoms with E-state index in [1.54, 1.807) is 12.2 Å². The van der Waals surface area contributed by atoms with Crippen molar-refractivity contribution in [1.82, 2.24) is 4.98 Å². The Labute approximate surface area is 170 Å². The fourth-order valence-electron chi connectivity index (χ4n) is 3.12. The molecule has 1 aromatic heterocycles. The number of aromatic nitrogens is 1. The van der Waals surface area contributed by atoms with Crippen LogP contribution in [0.4, 0.5) is 13.2 Å². The number of aliphatic carboxylic acids is 1. The number of allylic oxidation sites excluding steroid dienone is 3. The van der Waals surface area contributed by atoms with Crippen LogP contribution in [0, 0.1) is 5.41 Å². The molecule has 0 N–H and O–H groups in total. The molecule has 8 nitrogen and oxygen atoms in total. The third-order valence-electron chi connectivity index (χ3n) is 4.29. The molecule has 1 heterocycles. The first-order valence-corrected chi connectivity index (χ1v) is 8.64. The molecular formula is C19H19F3N3O5-. The molecular weight excluding hydrogens is 407 g/mol. The predicted molar refractivity (Wildman–Crippen MR) is 98.2 cm³/mol. The molecule has 2 rings (SSSR count). The Bertz CT molecular complexity index is 867. The summed E-state index contributed by atoms with van der Waals surface area (Å²) in [7, 11) is 2.39. The first-order chi connectivity index (χ1) is 14.3. The molecule has 0 spiro atoms. The van der Waals surface area contributed by atoms with Crippen molar-refractivity contribution in [3.8, 4) is 0 Å². The van der Waals surface area contributed by atoms with Gasteiger partial charge in [-0.2, -0.15) is 13.2 Å². The Hall–Kier alpha value is -3.21. The Morgan fingerprint density at radius 1 is 1.37 bits per heavy atom. The second-order valence-electron chi connectivity index (χ2n) is 6.06. The van der Waals surface area contributed by atoms with E-state index in [9.17, 15) is 23.1 Å². The van der Waals surface area contributed by atoms with Gasteiger partial charge in [0.2, 0.25) is 0 Å². The van der Waals surface area contributed by atoms with Gasteiger partial charge in [0, 0.05) is 6.20 Å². The Morgan fingerprint density at radius 3 is 2.70 bits per heavy atom. The second-order valence-corrected chi connectivity index (χ2v) is 6.06. The summed E-state index contributed by atoms with van der Waals surface area (Å²) in [4.78, 5) is 24.9. The standard InChI is InChI=1S/C19H20F3N3O5/c1-28-24-11-12-30-16(14-13(19(20,21)22)7-6-10-23-14)18(8-4-3-5-9-18)15(17(26)27)25-29-2/h3-8,10-11,16H,9,12H2,1-2H3,(H,26,27)/p-1. The number of nitrogens with zero attached hydrogens (tertiary/aromatic N) is 3. The molecule has 11 heteroatoms. The van der Waals surface area contributed by atoms with Crippen LogP contribution < -0.4 is 5.11 Å². The van der Waals surface area contributed by atoms with Crippen molar-refractivity contribution in [3.63, 3.8) is 0 Å². The van der Waals surface area contributed by atoms with Gasteiger partial charge in [-0.15, -0.1) is 0 Å². The summed E-state index contributed by atoms with van der Waals surface area (Å²) in [6.07, 6.45) is 2.04. The number of oxime groups is 2. The fourth-order valence-corrected chi connectivity index (χ4v) is 3.12. The molecule has 0 saturated carbocycles. The van der Waals surface area contributed by atoms with Crippen LogP contribution in [0.5, 0.6) is 0 Å². The minimum Gasteiger partial charge on any atom is -0.543 e. The normalized spacial score (nSPS) is 20.4. The van der Waals surface area contributed by atoms with Gasteiger partial charge >= 0.3 is 6.18 Å². The molecule has 0 aromatic carbocycles. The van der Waals surface area contributed by atoms with Crippen LogP contribution in [0.25, 0.3) is 0 Å². The van der Waals surface area contributed by atoms with Crippen LogP contribution in [0.1, 0.15) is 23.8 Å². The number of ether oxygens (including phenoxy) is 1. The van der Waals surface area contributed by atoms with E-state index in [4.69, 9.17) is 4.74 Å². The van der Waals surface area contributed by atoms with Gasteiger partial charge in [-0.25, -0.2) is 0 Å². The topological polar surface area (TPSA) is 105 Å². The van der Waals surface area contributed by atoms with E-state index in [1.165, 1.54) is 25.5 Å². The van der Waals surface area contributed by atoms with Crippen molar-refractivity contribution in [2.45, 2.75) is 18.7 Å².